The summed E-state index contributed by atoms with van der Waals surface area (Å²) in [5.74, 6) is -0.839. The van der Waals surface area contributed by atoms with Gasteiger partial charge in [-0.3, -0.25) is 14.5 Å². The molecule has 2 amide bonds. The number of amides is 2. The molecule has 1 saturated heterocycles. The average Bonchev–Trinajstić information content (AvgIpc) is 3.50. The summed E-state index contributed by atoms with van der Waals surface area (Å²) in [5.41, 5.74) is 6.74. The third-order valence-corrected chi connectivity index (χ3v) is 8.34. The molecular formula is C20H19N9O7S3. The minimum Gasteiger partial charge on any atom is -0.493 e. The third-order valence-electron chi connectivity index (χ3n) is 5.40. The highest BCUT2D eigenvalue weighted by Crippen LogP contribution is 2.42. The summed E-state index contributed by atoms with van der Waals surface area (Å²) >= 11 is 3.58. The number of nitrogens with two attached hydrogens (primary N) is 1. The zero-order valence-corrected chi connectivity index (χ0v) is 22.5. The molecule has 0 aliphatic carbocycles. The number of carboxylic acid groups (broad SMARTS) is 1. The lowest BCUT2D eigenvalue weighted by Gasteiger charge is -2.49. The molecule has 5 heterocycles. The van der Waals surface area contributed by atoms with Crippen molar-refractivity contribution in [3.05, 3.63) is 34.3 Å². The Morgan fingerprint density at radius 1 is 1.36 bits per heavy atom. The Labute approximate surface area is 231 Å². The lowest BCUT2D eigenvalue weighted by Crippen LogP contribution is -2.70. The van der Waals surface area contributed by atoms with Crippen molar-refractivity contribution in [1.29, 1.82) is 0 Å². The van der Waals surface area contributed by atoms with Crippen LogP contribution in [0.4, 0.5) is 9.93 Å². The molecule has 0 saturated carbocycles. The Morgan fingerprint density at radius 2 is 2.15 bits per heavy atom. The second-order valence-electron chi connectivity index (χ2n) is 7.98. The van der Waals surface area contributed by atoms with Gasteiger partial charge in [-0.15, -0.1) is 28.2 Å². The molecule has 204 valence electrons. The van der Waals surface area contributed by atoms with Crippen LogP contribution in [0.1, 0.15) is 11.4 Å². The molecule has 0 spiro atoms. The number of ether oxygens (including phenoxy) is 1. The van der Waals surface area contributed by atoms with E-state index in [1.54, 1.807) is 6.92 Å². The van der Waals surface area contributed by atoms with Gasteiger partial charge in [-0.25, -0.2) is 14.8 Å². The van der Waals surface area contributed by atoms with E-state index in [2.05, 4.69) is 30.5 Å². The van der Waals surface area contributed by atoms with Crippen molar-refractivity contribution < 1.29 is 34.2 Å². The SMILES string of the molecule is CO/N=C(\C(=O)N[C@@H]1C(=O)N2C(OC(=O)O)=C(CSc3nc4nc(C)cc(O)n4n3)CS[C@H]12)c1csc(N)n1. The molecule has 3 aromatic heterocycles. The topological polar surface area (TPSA) is 220 Å². The zero-order chi connectivity index (χ0) is 27.8. The van der Waals surface area contributed by atoms with Crippen molar-refractivity contribution >= 4 is 69.5 Å². The highest BCUT2D eigenvalue weighted by Gasteiger charge is 2.54. The number of fused-ring (bicyclic) bond motifs is 2. The number of aromatic hydroxyl groups is 1. The summed E-state index contributed by atoms with van der Waals surface area (Å²) in [6, 6.07) is 0.468. The molecule has 5 rings (SSSR count). The number of β-lactam (4-membered cyclic amide) rings is 1. The number of hydrogen-bond acceptors (Lipinski definition) is 15. The van der Waals surface area contributed by atoms with E-state index in [1.165, 1.54) is 39.7 Å². The first-order valence-electron chi connectivity index (χ1n) is 10.9. The highest BCUT2D eigenvalue weighted by molar-refractivity contribution is 8.01. The number of thioether (sulfide) groups is 2. The van der Waals surface area contributed by atoms with Crippen LogP contribution in [0.15, 0.2) is 33.2 Å². The standard InChI is InChI=1S/C20H19N9O7S3/c1-7-3-10(30)29-18(22-7)25-19(26-29)39-5-8-4-37-16-12(14(32)28(16)15(8)36-20(33)34)24-13(31)11(27-35-2)9-6-38-17(21)23-9/h3,6,12,16,30H,4-5H2,1-2H3,(H2,21,23)(H,24,31)(H,33,34)/b27-11-/t12-,16-/m1/s1. The Bertz CT molecular complexity index is 1550. The first-order chi connectivity index (χ1) is 18.7. The number of aryl methyl sites for hydroxylation is 1. The van der Waals surface area contributed by atoms with Gasteiger partial charge in [0.25, 0.3) is 17.6 Å². The monoisotopic (exact) mass is 593 g/mol. The number of rotatable bonds is 8. The number of anilines is 1. The molecule has 0 bridgehead atoms. The van der Waals surface area contributed by atoms with Crippen molar-refractivity contribution in [2.24, 2.45) is 5.16 Å². The fourth-order valence-corrected chi connectivity index (χ4v) is 6.59. The minimum atomic E-state index is -1.59. The summed E-state index contributed by atoms with van der Waals surface area (Å²) in [5, 5.41) is 31.3. The quantitative estimate of drug-likeness (QED) is 0.0925. The van der Waals surface area contributed by atoms with Gasteiger partial charge in [-0.2, -0.15) is 9.50 Å². The molecule has 3 aromatic rings. The van der Waals surface area contributed by atoms with Gasteiger partial charge in [-0.1, -0.05) is 16.9 Å². The summed E-state index contributed by atoms with van der Waals surface area (Å²) in [6.07, 6.45) is -1.59. The van der Waals surface area contributed by atoms with Gasteiger partial charge in [0.05, 0.1) is 0 Å². The maximum absolute atomic E-state index is 13.1. The molecule has 2 aliphatic rings. The van der Waals surface area contributed by atoms with E-state index in [0.29, 0.717) is 17.0 Å². The van der Waals surface area contributed by atoms with Crippen LogP contribution in [-0.2, 0) is 19.2 Å². The minimum absolute atomic E-state index is 0.127. The predicted octanol–water partition coefficient (Wildman–Crippen LogP) is 0.626. The van der Waals surface area contributed by atoms with Gasteiger partial charge >= 0.3 is 6.16 Å². The van der Waals surface area contributed by atoms with E-state index in [4.69, 9.17) is 15.3 Å². The number of aromatic nitrogens is 5. The highest BCUT2D eigenvalue weighted by atomic mass is 32.2. The van der Waals surface area contributed by atoms with Gasteiger partial charge in [0.15, 0.2) is 10.8 Å². The molecule has 0 unspecified atom stereocenters. The number of thiazole rings is 1. The Kier molecular flexibility index (Phi) is 7.19. The number of nitrogen functional groups attached to an aromatic ring is 1. The van der Waals surface area contributed by atoms with Crippen LogP contribution in [0.5, 0.6) is 5.88 Å². The molecule has 2 atom stereocenters. The van der Waals surface area contributed by atoms with E-state index >= 15 is 0 Å². The second-order valence-corrected chi connectivity index (χ2v) is 10.9. The summed E-state index contributed by atoms with van der Waals surface area (Å²) in [4.78, 5) is 55.9. The summed E-state index contributed by atoms with van der Waals surface area (Å²) < 4.78 is 6.18. The van der Waals surface area contributed by atoms with Crippen LogP contribution in [-0.4, -0.2) is 93.4 Å². The Morgan fingerprint density at radius 3 is 2.85 bits per heavy atom. The van der Waals surface area contributed by atoms with Crippen LogP contribution < -0.4 is 11.1 Å². The van der Waals surface area contributed by atoms with Crippen molar-refractivity contribution in [2.75, 3.05) is 24.3 Å². The van der Waals surface area contributed by atoms with Gasteiger partial charge < -0.3 is 30.8 Å². The van der Waals surface area contributed by atoms with Crippen molar-refractivity contribution in [1.82, 2.24) is 34.8 Å². The number of oxime groups is 1. The summed E-state index contributed by atoms with van der Waals surface area (Å²) in [6.45, 7) is 1.71. The molecule has 5 N–H and O–H groups in total. The van der Waals surface area contributed by atoms with Crippen LogP contribution in [0, 0.1) is 6.92 Å². The first-order valence-corrected chi connectivity index (χ1v) is 13.8. The van der Waals surface area contributed by atoms with E-state index < -0.39 is 29.4 Å². The smallest absolute Gasteiger partial charge is 0.493 e. The molecule has 16 nitrogen and oxygen atoms in total. The lowest BCUT2D eigenvalue weighted by molar-refractivity contribution is -0.148. The molecule has 1 fully saturated rings. The van der Waals surface area contributed by atoms with Crippen molar-refractivity contribution in [3.63, 3.8) is 0 Å². The fraction of sp³-hybridized carbons (Fsp3) is 0.300. The normalized spacial score (nSPS) is 19.1. The van der Waals surface area contributed by atoms with Crippen LogP contribution >= 0.6 is 34.9 Å². The third kappa shape index (κ3) is 5.14. The van der Waals surface area contributed by atoms with Crippen LogP contribution in [0.25, 0.3) is 5.78 Å². The van der Waals surface area contributed by atoms with Gasteiger partial charge in [0.1, 0.15) is 24.2 Å². The largest absolute Gasteiger partial charge is 0.512 e. The maximum Gasteiger partial charge on any atom is 0.512 e. The number of hydrogen-bond donors (Lipinski definition) is 4. The van der Waals surface area contributed by atoms with Gasteiger partial charge in [-0.05, 0) is 6.92 Å². The summed E-state index contributed by atoms with van der Waals surface area (Å²) in [7, 11) is 1.26. The van der Waals surface area contributed by atoms with E-state index in [-0.39, 0.29) is 45.0 Å². The molecular weight excluding hydrogens is 574 g/mol. The number of nitrogens with zero attached hydrogens (tertiary/aromatic N) is 7. The van der Waals surface area contributed by atoms with Crippen LogP contribution in [0.3, 0.4) is 0 Å². The second kappa shape index (κ2) is 10.6. The number of carbonyl (C=O) groups is 3. The fourth-order valence-electron chi connectivity index (χ4n) is 3.77. The molecule has 19 heteroatoms. The molecule has 2 aliphatic heterocycles. The molecule has 0 aromatic carbocycles. The number of nitrogens with one attached hydrogen (secondary N) is 1. The van der Waals surface area contributed by atoms with Gasteiger partial charge in [0, 0.05) is 34.2 Å². The van der Waals surface area contributed by atoms with Gasteiger partial charge in [0.2, 0.25) is 16.9 Å². The van der Waals surface area contributed by atoms with E-state index in [0.717, 1.165) is 23.1 Å². The Hall–Kier alpha value is -4.10. The number of carbonyl (C=O) groups excluding carboxylic acids is 2. The zero-order valence-electron chi connectivity index (χ0n) is 20.1. The van der Waals surface area contributed by atoms with Crippen molar-refractivity contribution in [2.45, 2.75) is 23.5 Å². The van der Waals surface area contributed by atoms with E-state index in [9.17, 15) is 24.6 Å². The lowest BCUT2D eigenvalue weighted by atomic mass is 10.1. The first kappa shape index (κ1) is 26.5. The maximum atomic E-state index is 13.1. The van der Waals surface area contributed by atoms with Crippen molar-refractivity contribution in [3.8, 4) is 5.88 Å². The average molecular weight is 594 g/mol. The van der Waals surface area contributed by atoms with Crippen LogP contribution in [0.2, 0.25) is 0 Å². The molecule has 39 heavy (non-hydrogen) atoms. The molecule has 0 radical (unpaired) electrons. The van der Waals surface area contributed by atoms with E-state index in [1.807, 2.05) is 0 Å². The Balaban J connectivity index is 1.32. The predicted molar refractivity (Wildman–Crippen MR) is 139 cm³/mol.